The second-order valence-corrected chi connectivity index (χ2v) is 4.98. The molecule has 1 aromatic heterocycles. The van der Waals surface area contributed by atoms with Crippen molar-refractivity contribution in [1.82, 2.24) is 14.9 Å². The summed E-state index contributed by atoms with van der Waals surface area (Å²) in [5.41, 5.74) is 1.73. The first-order valence-electron chi connectivity index (χ1n) is 6.96. The van der Waals surface area contributed by atoms with Crippen LogP contribution in [0.5, 0.6) is 0 Å². The molecule has 0 radical (unpaired) electrons. The molecule has 1 fully saturated rings. The highest BCUT2D eigenvalue weighted by molar-refractivity contribution is 5.96. The van der Waals surface area contributed by atoms with Crippen LogP contribution in [0.4, 0.5) is 5.69 Å². The number of amides is 1. The molecular formula is C15H18N4O. The summed E-state index contributed by atoms with van der Waals surface area (Å²) < 4.78 is 1.89. The lowest BCUT2D eigenvalue weighted by atomic mass is 10.0. The lowest BCUT2D eigenvalue weighted by molar-refractivity contribution is -0.118. The van der Waals surface area contributed by atoms with Crippen LogP contribution in [0.25, 0.3) is 5.69 Å². The van der Waals surface area contributed by atoms with Gasteiger partial charge in [0.25, 0.3) is 0 Å². The van der Waals surface area contributed by atoms with Crippen molar-refractivity contribution in [2.45, 2.75) is 25.3 Å². The predicted octanol–water partition coefficient (Wildman–Crippen LogP) is 1.95. The lowest BCUT2D eigenvalue weighted by Crippen LogP contribution is -2.43. The summed E-state index contributed by atoms with van der Waals surface area (Å²) in [6.07, 6.45) is 8.47. The van der Waals surface area contributed by atoms with Crippen LogP contribution in [0.3, 0.4) is 0 Å². The van der Waals surface area contributed by atoms with Gasteiger partial charge in [-0.3, -0.25) is 4.79 Å². The molecule has 2 aromatic rings. The van der Waals surface area contributed by atoms with E-state index in [9.17, 15) is 4.79 Å². The molecule has 5 heteroatoms. The molecule has 2 heterocycles. The fraction of sp³-hybridized carbons (Fsp3) is 0.333. The molecule has 1 aliphatic rings. The van der Waals surface area contributed by atoms with E-state index in [-0.39, 0.29) is 11.9 Å². The maximum atomic E-state index is 12.3. The van der Waals surface area contributed by atoms with Gasteiger partial charge in [-0.25, -0.2) is 4.98 Å². The van der Waals surface area contributed by atoms with E-state index in [1.54, 1.807) is 12.5 Å². The number of anilines is 1. The second kappa shape index (κ2) is 5.88. The number of carbonyl (C=O) groups is 1. The first-order chi connectivity index (χ1) is 9.84. The summed E-state index contributed by atoms with van der Waals surface area (Å²) >= 11 is 0. The van der Waals surface area contributed by atoms with Crippen molar-refractivity contribution in [3.05, 3.63) is 43.0 Å². The third kappa shape index (κ3) is 2.72. The van der Waals surface area contributed by atoms with E-state index in [1.807, 2.05) is 35.0 Å². The Morgan fingerprint density at radius 3 is 3.00 bits per heavy atom. The SMILES string of the molecule is O=C(Nc1ccccc1-n1ccnc1)[C@H]1CCCCN1. The third-order valence-corrected chi connectivity index (χ3v) is 3.57. The fourth-order valence-corrected chi connectivity index (χ4v) is 2.50. The van der Waals surface area contributed by atoms with Gasteiger partial charge in [0.15, 0.2) is 0 Å². The zero-order valence-electron chi connectivity index (χ0n) is 11.2. The standard InChI is InChI=1S/C15H18N4O/c20-15(13-6-3-4-8-17-13)18-12-5-1-2-7-14(12)19-10-9-16-11-19/h1-2,5,7,9-11,13,17H,3-4,6,8H2,(H,18,20)/t13-/m1/s1. The van der Waals surface area contributed by atoms with Gasteiger partial charge in [-0.15, -0.1) is 0 Å². The number of imidazole rings is 1. The van der Waals surface area contributed by atoms with Crippen molar-refractivity contribution in [3.8, 4) is 5.69 Å². The second-order valence-electron chi connectivity index (χ2n) is 4.98. The average molecular weight is 270 g/mol. The summed E-state index contributed by atoms with van der Waals surface area (Å²) in [4.78, 5) is 16.3. The third-order valence-electron chi connectivity index (χ3n) is 3.57. The first-order valence-corrected chi connectivity index (χ1v) is 6.96. The topological polar surface area (TPSA) is 59.0 Å². The van der Waals surface area contributed by atoms with Crippen molar-refractivity contribution in [3.63, 3.8) is 0 Å². The van der Waals surface area contributed by atoms with Crippen LogP contribution in [0.15, 0.2) is 43.0 Å². The highest BCUT2D eigenvalue weighted by Gasteiger charge is 2.21. The number of rotatable bonds is 3. The monoisotopic (exact) mass is 270 g/mol. The Morgan fingerprint density at radius 2 is 2.25 bits per heavy atom. The molecule has 0 bridgehead atoms. The molecule has 20 heavy (non-hydrogen) atoms. The summed E-state index contributed by atoms with van der Waals surface area (Å²) in [7, 11) is 0. The lowest BCUT2D eigenvalue weighted by Gasteiger charge is -2.23. The summed E-state index contributed by atoms with van der Waals surface area (Å²) in [5, 5.41) is 6.28. The molecule has 0 spiro atoms. The van der Waals surface area contributed by atoms with Gasteiger partial charge in [0.1, 0.15) is 0 Å². The van der Waals surface area contributed by atoms with Gasteiger partial charge >= 0.3 is 0 Å². The van der Waals surface area contributed by atoms with Crippen molar-refractivity contribution < 1.29 is 4.79 Å². The molecule has 104 valence electrons. The van der Waals surface area contributed by atoms with E-state index < -0.39 is 0 Å². The predicted molar refractivity (Wildman–Crippen MR) is 77.8 cm³/mol. The van der Waals surface area contributed by atoms with Gasteiger partial charge in [-0.1, -0.05) is 18.6 Å². The number of para-hydroxylation sites is 2. The van der Waals surface area contributed by atoms with E-state index in [0.29, 0.717) is 0 Å². The number of nitrogens with zero attached hydrogens (tertiary/aromatic N) is 2. The molecule has 0 saturated carbocycles. The van der Waals surface area contributed by atoms with Crippen LogP contribution >= 0.6 is 0 Å². The largest absolute Gasteiger partial charge is 0.323 e. The number of hydrogen-bond donors (Lipinski definition) is 2. The van der Waals surface area contributed by atoms with E-state index in [1.165, 1.54) is 0 Å². The zero-order valence-corrected chi connectivity index (χ0v) is 11.2. The molecule has 0 aliphatic carbocycles. The van der Waals surface area contributed by atoms with Gasteiger partial charge in [0, 0.05) is 12.4 Å². The van der Waals surface area contributed by atoms with E-state index in [2.05, 4.69) is 15.6 Å². The number of carbonyl (C=O) groups excluding carboxylic acids is 1. The van der Waals surface area contributed by atoms with Crippen LogP contribution in [-0.2, 0) is 4.79 Å². The maximum Gasteiger partial charge on any atom is 0.241 e. The minimum absolute atomic E-state index is 0.0391. The highest BCUT2D eigenvalue weighted by atomic mass is 16.2. The van der Waals surface area contributed by atoms with Gasteiger partial charge in [0.2, 0.25) is 5.91 Å². The normalized spacial score (nSPS) is 18.7. The summed E-state index contributed by atoms with van der Waals surface area (Å²) in [6.45, 7) is 0.918. The fourth-order valence-electron chi connectivity index (χ4n) is 2.50. The summed E-state index contributed by atoms with van der Waals surface area (Å²) in [6, 6.07) is 7.66. The van der Waals surface area contributed by atoms with Crippen molar-refractivity contribution >= 4 is 11.6 Å². The molecule has 1 saturated heterocycles. The molecule has 5 nitrogen and oxygen atoms in total. The van der Waals surface area contributed by atoms with Gasteiger partial charge < -0.3 is 15.2 Å². The molecule has 3 rings (SSSR count). The van der Waals surface area contributed by atoms with Crippen LogP contribution in [-0.4, -0.2) is 28.0 Å². The number of benzene rings is 1. The van der Waals surface area contributed by atoms with Gasteiger partial charge in [0.05, 0.1) is 23.7 Å². The minimum Gasteiger partial charge on any atom is -0.323 e. The molecule has 0 unspecified atom stereocenters. The Bertz CT molecular complexity index is 573. The smallest absolute Gasteiger partial charge is 0.241 e. The Hall–Kier alpha value is -2.14. The summed E-state index contributed by atoms with van der Waals surface area (Å²) in [5.74, 6) is 0.0391. The van der Waals surface area contributed by atoms with Crippen LogP contribution < -0.4 is 10.6 Å². The van der Waals surface area contributed by atoms with Crippen molar-refractivity contribution in [1.29, 1.82) is 0 Å². The number of aromatic nitrogens is 2. The molecule has 1 aliphatic heterocycles. The van der Waals surface area contributed by atoms with Crippen LogP contribution in [0.2, 0.25) is 0 Å². The van der Waals surface area contributed by atoms with E-state index >= 15 is 0 Å². The van der Waals surface area contributed by atoms with Crippen molar-refractivity contribution in [2.75, 3.05) is 11.9 Å². The Balaban J connectivity index is 1.79. The quantitative estimate of drug-likeness (QED) is 0.896. The van der Waals surface area contributed by atoms with E-state index in [0.717, 1.165) is 37.2 Å². The van der Waals surface area contributed by atoms with Gasteiger partial charge in [-0.2, -0.15) is 0 Å². The van der Waals surface area contributed by atoms with Crippen LogP contribution in [0.1, 0.15) is 19.3 Å². The Kier molecular flexibility index (Phi) is 3.78. The van der Waals surface area contributed by atoms with Crippen molar-refractivity contribution in [2.24, 2.45) is 0 Å². The minimum atomic E-state index is -0.0837. The number of nitrogens with one attached hydrogen (secondary N) is 2. The Morgan fingerprint density at radius 1 is 1.35 bits per heavy atom. The van der Waals surface area contributed by atoms with Gasteiger partial charge in [-0.05, 0) is 31.5 Å². The highest BCUT2D eigenvalue weighted by Crippen LogP contribution is 2.20. The van der Waals surface area contributed by atoms with Crippen LogP contribution in [0, 0.1) is 0 Å². The molecule has 1 atom stereocenters. The molecule has 2 N–H and O–H groups in total. The van der Waals surface area contributed by atoms with E-state index in [4.69, 9.17) is 0 Å². The maximum absolute atomic E-state index is 12.3. The molecule has 1 aromatic carbocycles. The Labute approximate surface area is 118 Å². The number of hydrogen-bond acceptors (Lipinski definition) is 3. The first kappa shape index (κ1) is 12.9. The zero-order chi connectivity index (χ0) is 13.8. The number of piperidine rings is 1. The molecule has 1 amide bonds. The average Bonchev–Trinajstić information content (AvgIpc) is 3.03. The molecular weight excluding hydrogens is 252 g/mol.